The molecule has 1 saturated heterocycles. The summed E-state index contributed by atoms with van der Waals surface area (Å²) in [5.74, 6) is 0.983. The summed E-state index contributed by atoms with van der Waals surface area (Å²) < 4.78 is 5.10. The first-order chi connectivity index (χ1) is 8.74. The zero-order valence-corrected chi connectivity index (χ0v) is 9.97. The minimum atomic E-state index is 0.175. The van der Waals surface area contributed by atoms with Crippen LogP contribution in [0.15, 0.2) is 28.8 Å². The smallest absolute Gasteiger partial charge is 0.172 e. The van der Waals surface area contributed by atoms with Crippen molar-refractivity contribution in [3.8, 4) is 17.1 Å². The van der Waals surface area contributed by atoms with E-state index in [2.05, 4.69) is 10.1 Å². The third-order valence-corrected chi connectivity index (χ3v) is 3.25. The van der Waals surface area contributed by atoms with E-state index < -0.39 is 0 Å². The van der Waals surface area contributed by atoms with Crippen LogP contribution in [0.4, 0.5) is 11.5 Å². The lowest BCUT2D eigenvalue weighted by Crippen LogP contribution is -2.17. The van der Waals surface area contributed by atoms with Gasteiger partial charge in [-0.3, -0.25) is 0 Å². The molecule has 2 heterocycles. The Balaban J connectivity index is 2.00. The molecule has 5 nitrogen and oxygen atoms in total. The fourth-order valence-corrected chi connectivity index (χ4v) is 2.31. The molecule has 0 spiro atoms. The van der Waals surface area contributed by atoms with Crippen molar-refractivity contribution < 1.29 is 9.63 Å². The molecular formula is C13H15N3O2. The number of aromatic hydroxyl groups is 1. The summed E-state index contributed by atoms with van der Waals surface area (Å²) >= 11 is 0. The molecule has 0 aliphatic carbocycles. The highest BCUT2D eigenvalue weighted by atomic mass is 16.5. The van der Waals surface area contributed by atoms with Gasteiger partial charge in [-0.05, 0) is 31.0 Å². The van der Waals surface area contributed by atoms with Gasteiger partial charge in [-0.15, -0.1) is 0 Å². The molecule has 5 heteroatoms. The van der Waals surface area contributed by atoms with E-state index in [1.807, 2.05) is 12.1 Å². The molecule has 1 aromatic carbocycles. The summed E-state index contributed by atoms with van der Waals surface area (Å²) in [6.45, 7) is 2.12. The molecule has 3 rings (SSSR count). The van der Waals surface area contributed by atoms with Crippen molar-refractivity contribution in [1.82, 2.24) is 5.16 Å². The van der Waals surface area contributed by atoms with Gasteiger partial charge in [-0.2, -0.15) is 0 Å². The van der Waals surface area contributed by atoms with Crippen molar-refractivity contribution in [2.75, 3.05) is 23.7 Å². The summed E-state index contributed by atoms with van der Waals surface area (Å²) in [6, 6.07) is 7.13. The molecule has 94 valence electrons. The van der Waals surface area contributed by atoms with Crippen LogP contribution in [-0.2, 0) is 0 Å². The van der Waals surface area contributed by atoms with Crippen LogP contribution < -0.4 is 10.6 Å². The van der Waals surface area contributed by atoms with Crippen molar-refractivity contribution >= 4 is 11.5 Å². The number of benzene rings is 1. The van der Waals surface area contributed by atoms with E-state index in [0.29, 0.717) is 17.1 Å². The summed E-state index contributed by atoms with van der Waals surface area (Å²) in [6.07, 6.45) is 2.43. The Morgan fingerprint density at radius 2 is 2.00 bits per heavy atom. The fourth-order valence-electron chi connectivity index (χ4n) is 2.31. The highest BCUT2D eigenvalue weighted by Gasteiger charge is 2.16. The average molecular weight is 245 g/mol. The van der Waals surface area contributed by atoms with Gasteiger partial charge in [-0.25, -0.2) is 0 Å². The number of nitrogen functional groups attached to an aromatic ring is 1. The molecule has 0 atom stereocenters. The first-order valence-electron chi connectivity index (χ1n) is 6.04. The average Bonchev–Trinajstić information content (AvgIpc) is 3.01. The Bertz CT molecular complexity index is 559. The van der Waals surface area contributed by atoms with Crippen LogP contribution in [0.1, 0.15) is 12.8 Å². The molecule has 0 bridgehead atoms. The predicted molar refractivity (Wildman–Crippen MR) is 69.5 cm³/mol. The second-order valence-electron chi connectivity index (χ2n) is 4.51. The second kappa shape index (κ2) is 4.25. The van der Waals surface area contributed by atoms with Crippen LogP contribution in [0.2, 0.25) is 0 Å². The molecule has 1 aromatic heterocycles. The standard InChI is InChI=1S/C13H15N3O2/c14-13-8-12(18-15-13)10-7-9(3-4-11(10)17)16-5-1-2-6-16/h3-4,7-8,17H,1-2,5-6H2,(H2,14,15). The van der Waals surface area contributed by atoms with Gasteiger partial charge < -0.3 is 20.3 Å². The zero-order valence-electron chi connectivity index (χ0n) is 9.97. The van der Waals surface area contributed by atoms with E-state index in [9.17, 15) is 5.11 Å². The largest absolute Gasteiger partial charge is 0.507 e. The van der Waals surface area contributed by atoms with Crippen molar-refractivity contribution in [3.05, 3.63) is 24.3 Å². The van der Waals surface area contributed by atoms with E-state index in [-0.39, 0.29) is 5.75 Å². The normalized spacial score (nSPS) is 15.2. The summed E-state index contributed by atoms with van der Waals surface area (Å²) in [7, 11) is 0. The number of phenols is 1. The number of phenolic OH excluding ortho intramolecular Hbond substituents is 1. The van der Waals surface area contributed by atoms with Crippen LogP contribution in [0, 0.1) is 0 Å². The number of anilines is 2. The molecule has 18 heavy (non-hydrogen) atoms. The Kier molecular flexibility index (Phi) is 2.59. The quantitative estimate of drug-likeness (QED) is 0.848. The Hall–Kier alpha value is -2.17. The van der Waals surface area contributed by atoms with Gasteiger partial charge in [0.1, 0.15) is 5.75 Å². The van der Waals surface area contributed by atoms with Crippen LogP contribution in [0.3, 0.4) is 0 Å². The highest BCUT2D eigenvalue weighted by Crippen LogP contribution is 2.34. The van der Waals surface area contributed by atoms with Gasteiger partial charge in [0, 0.05) is 24.8 Å². The van der Waals surface area contributed by atoms with E-state index in [1.54, 1.807) is 12.1 Å². The molecule has 0 saturated carbocycles. The van der Waals surface area contributed by atoms with Gasteiger partial charge >= 0.3 is 0 Å². The molecule has 0 unspecified atom stereocenters. The maximum absolute atomic E-state index is 9.89. The minimum Gasteiger partial charge on any atom is -0.507 e. The van der Waals surface area contributed by atoms with Gasteiger partial charge in [0.15, 0.2) is 11.6 Å². The van der Waals surface area contributed by atoms with E-state index in [4.69, 9.17) is 10.3 Å². The maximum Gasteiger partial charge on any atom is 0.172 e. The van der Waals surface area contributed by atoms with Gasteiger partial charge in [0.05, 0.1) is 5.56 Å². The lowest BCUT2D eigenvalue weighted by Gasteiger charge is -2.18. The number of hydrogen-bond acceptors (Lipinski definition) is 5. The zero-order chi connectivity index (χ0) is 12.5. The van der Waals surface area contributed by atoms with Crippen LogP contribution >= 0.6 is 0 Å². The maximum atomic E-state index is 9.89. The van der Waals surface area contributed by atoms with Gasteiger partial charge in [0.2, 0.25) is 0 Å². The molecule has 1 aliphatic rings. The topological polar surface area (TPSA) is 75.5 Å². The van der Waals surface area contributed by atoms with Gasteiger partial charge in [-0.1, -0.05) is 5.16 Å². The molecule has 3 N–H and O–H groups in total. The molecule has 1 aliphatic heterocycles. The summed E-state index contributed by atoms with van der Waals surface area (Å²) in [5, 5.41) is 13.5. The molecule has 0 amide bonds. The van der Waals surface area contributed by atoms with E-state index in [0.717, 1.165) is 18.8 Å². The second-order valence-corrected chi connectivity index (χ2v) is 4.51. The predicted octanol–water partition coefficient (Wildman–Crippen LogP) is 2.23. The summed E-state index contributed by atoms with van der Waals surface area (Å²) in [4.78, 5) is 2.29. The molecular weight excluding hydrogens is 230 g/mol. The van der Waals surface area contributed by atoms with E-state index >= 15 is 0 Å². The van der Waals surface area contributed by atoms with E-state index in [1.165, 1.54) is 12.8 Å². The minimum absolute atomic E-state index is 0.175. The lowest BCUT2D eigenvalue weighted by atomic mass is 10.1. The van der Waals surface area contributed by atoms with Crippen molar-refractivity contribution in [3.63, 3.8) is 0 Å². The Morgan fingerprint density at radius 3 is 2.67 bits per heavy atom. The first-order valence-corrected chi connectivity index (χ1v) is 6.04. The summed E-state index contributed by atoms with van der Waals surface area (Å²) in [5.41, 5.74) is 7.25. The Labute approximate surface area is 105 Å². The molecule has 2 aromatic rings. The number of hydrogen-bond donors (Lipinski definition) is 2. The fraction of sp³-hybridized carbons (Fsp3) is 0.308. The third-order valence-electron chi connectivity index (χ3n) is 3.25. The van der Waals surface area contributed by atoms with Crippen LogP contribution in [-0.4, -0.2) is 23.4 Å². The molecule has 0 radical (unpaired) electrons. The monoisotopic (exact) mass is 245 g/mol. The number of aromatic nitrogens is 1. The van der Waals surface area contributed by atoms with Crippen LogP contribution in [0.5, 0.6) is 5.75 Å². The molecule has 1 fully saturated rings. The van der Waals surface area contributed by atoms with Crippen molar-refractivity contribution in [2.45, 2.75) is 12.8 Å². The number of rotatable bonds is 2. The van der Waals surface area contributed by atoms with Crippen molar-refractivity contribution in [1.29, 1.82) is 0 Å². The highest BCUT2D eigenvalue weighted by molar-refractivity contribution is 5.72. The number of nitrogens with two attached hydrogens (primary N) is 1. The van der Waals surface area contributed by atoms with Crippen molar-refractivity contribution in [2.24, 2.45) is 0 Å². The number of nitrogens with zero attached hydrogens (tertiary/aromatic N) is 2. The van der Waals surface area contributed by atoms with Gasteiger partial charge in [0.25, 0.3) is 0 Å². The SMILES string of the molecule is Nc1cc(-c2cc(N3CCCC3)ccc2O)on1. The lowest BCUT2D eigenvalue weighted by molar-refractivity contribution is 0.429. The first kappa shape index (κ1) is 11.0. The Morgan fingerprint density at radius 1 is 1.22 bits per heavy atom. The van der Waals surface area contributed by atoms with Crippen LogP contribution in [0.25, 0.3) is 11.3 Å². The third kappa shape index (κ3) is 1.88.